The van der Waals surface area contributed by atoms with E-state index < -0.39 is 6.17 Å². The van der Waals surface area contributed by atoms with E-state index in [9.17, 15) is 9.18 Å². The molecule has 8 nitrogen and oxygen atoms in total. The lowest BCUT2D eigenvalue weighted by Crippen LogP contribution is -2.41. The molecule has 0 aromatic carbocycles. The largest absolute Gasteiger partial charge is 0.349 e. The van der Waals surface area contributed by atoms with E-state index in [-0.39, 0.29) is 18.5 Å². The number of amides is 1. The average molecular weight is 347 g/mol. The number of carbonyl (C=O) groups is 1. The summed E-state index contributed by atoms with van der Waals surface area (Å²) in [5.41, 5.74) is 0.487. The third-order valence-electron chi connectivity index (χ3n) is 4.26. The van der Waals surface area contributed by atoms with Crippen molar-refractivity contribution in [3.63, 3.8) is 0 Å². The predicted octanol–water partition coefficient (Wildman–Crippen LogP) is 0.955. The van der Waals surface area contributed by atoms with E-state index in [1.54, 1.807) is 35.3 Å². The number of aromatic nitrogens is 4. The molecule has 0 spiro atoms. The number of nitrogens with one attached hydrogen (secondary N) is 1. The van der Waals surface area contributed by atoms with Crippen molar-refractivity contribution in [2.45, 2.75) is 18.6 Å². The van der Waals surface area contributed by atoms with Gasteiger partial charge in [0.2, 0.25) is 5.95 Å². The highest BCUT2D eigenvalue weighted by molar-refractivity contribution is 5.93. The van der Waals surface area contributed by atoms with Gasteiger partial charge in [0.05, 0.1) is 24.3 Å². The van der Waals surface area contributed by atoms with Crippen LogP contribution in [0.2, 0.25) is 0 Å². The number of hydrogen-bond acceptors (Lipinski definition) is 6. The molecule has 1 N–H and O–H groups in total. The van der Waals surface area contributed by atoms with Crippen LogP contribution < -0.4 is 9.80 Å². The summed E-state index contributed by atoms with van der Waals surface area (Å²) < 4.78 is 14.1. The van der Waals surface area contributed by atoms with Gasteiger partial charge in [0.25, 0.3) is 5.91 Å². The summed E-state index contributed by atoms with van der Waals surface area (Å²) in [5.74, 6) is 1.10. The van der Waals surface area contributed by atoms with Crippen LogP contribution in [0.4, 0.5) is 16.2 Å². The third kappa shape index (κ3) is 3.70. The van der Waals surface area contributed by atoms with Crippen LogP contribution in [-0.4, -0.2) is 77.4 Å². The first-order valence-electron chi connectivity index (χ1n) is 8.11. The van der Waals surface area contributed by atoms with Gasteiger partial charge >= 0.3 is 0 Å². The van der Waals surface area contributed by atoms with E-state index in [1.807, 2.05) is 19.0 Å². The maximum absolute atomic E-state index is 14.1. The Labute approximate surface area is 145 Å². The van der Waals surface area contributed by atoms with E-state index in [4.69, 9.17) is 0 Å². The van der Waals surface area contributed by atoms with Crippen molar-refractivity contribution in [3.8, 4) is 0 Å². The molecule has 0 saturated carbocycles. The molecule has 1 aliphatic rings. The molecule has 2 atom stereocenters. The minimum atomic E-state index is -0.944. The number of rotatable bonds is 5. The highest BCUT2D eigenvalue weighted by atomic mass is 19.1. The van der Waals surface area contributed by atoms with Crippen molar-refractivity contribution in [2.24, 2.45) is 0 Å². The molecule has 2 aromatic rings. The van der Waals surface area contributed by atoms with Crippen molar-refractivity contribution in [2.75, 3.05) is 44.0 Å². The lowest BCUT2D eigenvalue weighted by molar-refractivity contribution is 0.0786. The highest BCUT2D eigenvalue weighted by Gasteiger charge is 2.34. The maximum Gasteiger partial charge on any atom is 0.256 e. The van der Waals surface area contributed by atoms with E-state index in [1.165, 1.54) is 6.20 Å². The predicted molar refractivity (Wildman–Crippen MR) is 92.6 cm³/mol. The Balaban J connectivity index is 1.75. The Morgan fingerprint density at radius 3 is 2.92 bits per heavy atom. The molecule has 9 heteroatoms. The summed E-state index contributed by atoms with van der Waals surface area (Å²) in [7, 11) is 5.43. The van der Waals surface area contributed by atoms with Gasteiger partial charge in [-0.1, -0.05) is 0 Å². The zero-order valence-corrected chi connectivity index (χ0v) is 14.6. The average Bonchev–Trinajstić information content (AvgIpc) is 3.24. The van der Waals surface area contributed by atoms with Crippen molar-refractivity contribution < 1.29 is 9.18 Å². The minimum absolute atomic E-state index is 0.138. The molecule has 3 heterocycles. The fourth-order valence-electron chi connectivity index (χ4n) is 3.02. The Bertz CT molecular complexity index is 721. The van der Waals surface area contributed by atoms with Crippen LogP contribution in [0.1, 0.15) is 16.8 Å². The van der Waals surface area contributed by atoms with Crippen LogP contribution in [0.3, 0.4) is 0 Å². The maximum atomic E-state index is 14.1. The Morgan fingerprint density at radius 2 is 2.24 bits per heavy atom. The number of hydrogen-bond donors (Lipinski definition) is 1. The smallest absolute Gasteiger partial charge is 0.256 e. The Kier molecular flexibility index (Phi) is 4.82. The zero-order valence-electron chi connectivity index (χ0n) is 14.6. The molecule has 0 radical (unpaired) electrons. The van der Waals surface area contributed by atoms with Crippen LogP contribution in [0.5, 0.6) is 0 Å². The van der Waals surface area contributed by atoms with Gasteiger partial charge in [-0.3, -0.25) is 9.89 Å². The fraction of sp³-hybridized carbons (Fsp3) is 0.500. The lowest BCUT2D eigenvalue weighted by Gasteiger charge is -2.29. The summed E-state index contributed by atoms with van der Waals surface area (Å²) in [4.78, 5) is 26.4. The molecule has 2 aromatic heterocycles. The van der Waals surface area contributed by atoms with E-state index in [2.05, 4.69) is 20.2 Å². The Hall–Kier alpha value is -2.71. The van der Waals surface area contributed by atoms with Gasteiger partial charge < -0.3 is 14.7 Å². The normalized spacial score (nSPS) is 19.9. The number of likely N-dealkylation sites (N-methyl/N-ethyl adjacent to an activating group) is 1. The number of aromatic amines is 1. The Morgan fingerprint density at radius 1 is 1.44 bits per heavy atom. The second kappa shape index (κ2) is 7.04. The minimum Gasteiger partial charge on any atom is -0.349 e. The van der Waals surface area contributed by atoms with Crippen LogP contribution >= 0.6 is 0 Å². The molecular formula is C16H22FN7O. The molecule has 1 fully saturated rings. The van der Waals surface area contributed by atoms with Crippen molar-refractivity contribution in [1.29, 1.82) is 0 Å². The summed E-state index contributed by atoms with van der Waals surface area (Å²) >= 11 is 0. The van der Waals surface area contributed by atoms with Crippen molar-refractivity contribution in [3.05, 3.63) is 30.2 Å². The number of nitrogens with zero attached hydrogens (tertiary/aromatic N) is 6. The van der Waals surface area contributed by atoms with Crippen LogP contribution in [0, 0.1) is 0 Å². The molecule has 1 aliphatic heterocycles. The topological polar surface area (TPSA) is 81.2 Å². The van der Waals surface area contributed by atoms with Gasteiger partial charge in [0.15, 0.2) is 0 Å². The monoisotopic (exact) mass is 347 g/mol. The molecule has 0 aliphatic carbocycles. The van der Waals surface area contributed by atoms with Crippen LogP contribution in [0.15, 0.2) is 24.7 Å². The molecule has 134 valence electrons. The number of anilines is 2. The first-order chi connectivity index (χ1) is 12.0. The van der Waals surface area contributed by atoms with Crippen molar-refractivity contribution in [1.82, 2.24) is 25.1 Å². The molecule has 3 rings (SSSR count). The number of halogens is 1. The first kappa shape index (κ1) is 17.1. The number of carbonyl (C=O) groups excluding carboxylic acids is 1. The van der Waals surface area contributed by atoms with Gasteiger partial charge in [-0.15, -0.1) is 0 Å². The van der Waals surface area contributed by atoms with Gasteiger partial charge in [0.1, 0.15) is 12.0 Å². The van der Waals surface area contributed by atoms with Crippen LogP contribution in [-0.2, 0) is 0 Å². The first-order valence-corrected chi connectivity index (χ1v) is 8.11. The number of alkyl halides is 1. The molecule has 0 unspecified atom stereocenters. The molecule has 1 amide bonds. The summed E-state index contributed by atoms with van der Waals surface area (Å²) in [5, 5.41) is 6.42. The van der Waals surface area contributed by atoms with Crippen LogP contribution in [0.25, 0.3) is 0 Å². The van der Waals surface area contributed by atoms with Gasteiger partial charge in [-0.25, -0.2) is 9.37 Å². The molecular weight excluding hydrogens is 325 g/mol. The molecule has 1 saturated heterocycles. The van der Waals surface area contributed by atoms with Gasteiger partial charge in [-0.2, -0.15) is 10.1 Å². The van der Waals surface area contributed by atoms with E-state index in [0.29, 0.717) is 30.3 Å². The van der Waals surface area contributed by atoms with E-state index in [0.717, 1.165) is 0 Å². The third-order valence-corrected chi connectivity index (χ3v) is 4.26. The lowest BCUT2D eigenvalue weighted by atomic mass is 10.2. The SMILES string of the molecule is CN(C[C@@H]1C[C@H](F)CN1c1ccnc(N(C)C)n1)C(=O)c1cn[nH]c1. The van der Waals surface area contributed by atoms with E-state index >= 15 is 0 Å². The number of H-pyrrole nitrogens is 1. The zero-order chi connectivity index (χ0) is 18.0. The standard InChI is InChI=1S/C16H22FN7O/c1-22(2)16-18-5-4-14(21-16)24-9-12(17)6-13(24)10-23(3)15(25)11-7-19-20-8-11/h4-5,7-8,12-13H,6,9-10H2,1-3H3,(H,19,20)/t12-,13-/m0/s1. The second-order valence-electron chi connectivity index (χ2n) is 6.42. The van der Waals surface area contributed by atoms with Crippen molar-refractivity contribution >= 4 is 17.7 Å². The van der Waals surface area contributed by atoms with Gasteiger partial charge in [-0.05, 0) is 6.07 Å². The molecule has 0 bridgehead atoms. The highest BCUT2D eigenvalue weighted by Crippen LogP contribution is 2.27. The summed E-state index contributed by atoms with van der Waals surface area (Å²) in [6.07, 6.45) is 4.12. The fourth-order valence-corrected chi connectivity index (χ4v) is 3.02. The quantitative estimate of drug-likeness (QED) is 0.867. The van der Waals surface area contributed by atoms with Gasteiger partial charge in [0, 0.05) is 46.5 Å². The second-order valence-corrected chi connectivity index (χ2v) is 6.42. The summed E-state index contributed by atoms with van der Waals surface area (Å²) in [6.45, 7) is 0.675. The summed E-state index contributed by atoms with van der Waals surface area (Å²) in [6, 6.07) is 1.64. The molecule has 25 heavy (non-hydrogen) atoms.